The van der Waals surface area contributed by atoms with E-state index in [-0.39, 0.29) is 16.2 Å². The van der Waals surface area contributed by atoms with Crippen LogP contribution >= 0.6 is 0 Å². The van der Waals surface area contributed by atoms with E-state index in [4.69, 9.17) is 0 Å². The van der Waals surface area contributed by atoms with Crippen LogP contribution in [0.25, 0.3) is 22.4 Å². The van der Waals surface area contributed by atoms with Crippen molar-refractivity contribution < 1.29 is 0 Å². The Morgan fingerprint density at radius 1 is 0.651 bits per heavy atom. The largest absolute Gasteiger partial charge is 0.335 e. The number of nitrogens with zero attached hydrogens (tertiary/aromatic N) is 7. The van der Waals surface area contributed by atoms with Gasteiger partial charge in [-0.25, -0.2) is 14.5 Å². The molecule has 0 spiro atoms. The molecule has 0 aliphatic carbocycles. The van der Waals surface area contributed by atoms with Crippen LogP contribution in [0.2, 0.25) is 0 Å². The molecule has 7 heteroatoms. The van der Waals surface area contributed by atoms with Crippen molar-refractivity contribution in [2.75, 3.05) is 7.05 Å². The van der Waals surface area contributed by atoms with Gasteiger partial charge in [0.1, 0.15) is 6.33 Å². The zero-order chi connectivity index (χ0) is 31.6. The van der Waals surface area contributed by atoms with Crippen LogP contribution < -0.4 is 0 Å². The zero-order valence-corrected chi connectivity index (χ0v) is 27.3. The van der Waals surface area contributed by atoms with Crippen molar-refractivity contribution in [1.82, 2.24) is 29.5 Å². The van der Waals surface area contributed by atoms with Gasteiger partial charge in [-0.3, -0.25) is 9.97 Å². The van der Waals surface area contributed by atoms with Crippen molar-refractivity contribution in [3.8, 4) is 0 Å². The van der Waals surface area contributed by atoms with E-state index in [2.05, 4.69) is 130 Å². The Morgan fingerprint density at radius 3 is 1.88 bits per heavy atom. The summed E-state index contributed by atoms with van der Waals surface area (Å²) >= 11 is 0. The summed E-state index contributed by atoms with van der Waals surface area (Å²) in [6, 6.07) is 16.8. The van der Waals surface area contributed by atoms with Crippen LogP contribution in [-0.2, 0) is 16.2 Å². The molecule has 224 valence electrons. The summed E-state index contributed by atoms with van der Waals surface area (Å²) in [5.74, 6) is 0. The molecule has 0 N–H and O–H groups in total. The third-order valence-electron chi connectivity index (χ3n) is 7.44. The second-order valence-corrected chi connectivity index (χ2v) is 14.0. The number of rotatable bonds is 0. The van der Waals surface area contributed by atoms with Gasteiger partial charge in [0.2, 0.25) is 0 Å². The van der Waals surface area contributed by atoms with Crippen molar-refractivity contribution in [1.29, 1.82) is 0 Å². The molecule has 5 aromatic rings. The fourth-order valence-corrected chi connectivity index (χ4v) is 4.45. The number of hydrogen-bond donors (Lipinski definition) is 0. The lowest BCUT2D eigenvalue weighted by molar-refractivity contribution is 0.584. The topological polar surface area (TPSA) is 71.6 Å². The van der Waals surface area contributed by atoms with Gasteiger partial charge in [-0.1, -0.05) is 87.1 Å². The van der Waals surface area contributed by atoms with Gasteiger partial charge < -0.3 is 4.90 Å². The minimum Gasteiger partial charge on any atom is -0.335 e. The molecular formula is C36H45N7. The summed E-state index contributed by atoms with van der Waals surface area (Å²) in [6.45, 7) is 23.9. The maximum Gasteiger partial charge on any atom is 0.155 e. The van der Waals surface area contributed by atoms with Gasteiger partial charge in [-0.2, -0.15) is 5.10 Å². The molecule has 7 nitrogen and oxygen atoms in total. The fourth-order valence-electron chi connectivity index (χ4n) is 4.45. The average molecular weight is 576 g/mol. The zero-order valence-electron chi connectivity index (χ0n) is 27.3. The highest BCUT2D eigenvalue weighted by atomic mass is 15.3. The molecule has 1 aliphatic rings. The number of hydrogen-bond acceptors (Lipinski definition) is 6. The molecule has 2 aromatic carbocycles. The average Bonchev–Trinajstić information content (AvgIpc) is 3.42. The van der Waals surface area contributed by atoms with E-state index >= 15 is 0 Å². The first-order valence-electron chi connectivity index (χ1n) is 14.7. The highest BCUT2D eigenvalue weighted by molar-refractivity contribution is 5.86. The maximum absolute atomic E-state index is 4.39. The van der Waals surface area contributed by atoms with Crippen LogP contribution in [0.1, 0.15) is 84.6 Å². The number of aliphatic imine (C=N–C) groups is 1. The third kappa shape index (κ3) is 7.72. The molecule has 4 heterocycles. The van der Waals surface area contributed by atoms with Crippen LogP contribution in [0.5, 0.6) is 0 Å². The summed E-state index contributed by atoms with van der Waals surface area (Å²) in [4.78, 5) is 19.0. The summed E-state index contributed by atoms with van der Waals surface area (Å²) < 4.78 is 1.81. The second-order valence-electron chi connectivity index (χ2n) is 14.0. The second kappa shape index (κ2) is 12.1. The molecule has 0 fully saturated rings. The van der Waals surface area contributed by atoms with E-state index in [9.17, 15) is 0 Å². The minimum absolute atomic E-state index is 0.162. The van der Waals surface area contributed by atoms with Crippen molar-refractivity contribution in [2.24, 2.45) is 4.99 Å². The van der Waals surface area contributed by atoms with Crippen LogP contribution in [0.4, 0.5) is 5.69 Å². The Bertz CT molecular complexity index is 1760. The van der Waals surface area contributed by atoms with Crippen LogP contribution in [-0.4, -0.2) is 42.9 Å². The van der Waals surface area contributed by atoms with E-state index in [1.165, 1.54) is 16.7 Å². The first kappa shape index (κ1) is 31.5. The predicted octanol–water partition coefficient (Wildman–Crippen LogP) is 8.51. The number of aromatic nitrogens is 5. The fraction of sp³-hybridized carbons (Fsp3) is 0.361. The lowest BCUT2D eigenvalue weighted by Gasteiger charge is -2.26. The van der Waals surface area contributed by atoms with E-state index in [0.29, 0.717) is 0 Å². The van der Waals surface area contributed by atoms with Crippen molar-refractivity contribution in [3.05, 3.63) is 102 Å². The minimum atomic E-state index is 0.162. The summed E-state index contributed by atoms with van der Waals surface area (Å²) in [6.07, 6.45) is 8.86. The third-order valence-corrected chi connectivity index (χ3v) is 7.44. The first-order chi connectivity index (χ1) is 20.0. The monoisotopic (exact) mass is 575 g/mol. The molecule has 3 aromatic heterocycles. The summed E-state index contributed by atoms with van der Waals surface area (Å²) in [5.41, 5.74) is 10.4. The quantitative estimate of drug-likeness (QED) is 0.185. The van der Waals surface area contributed by atoms with Gasteiger partial charge >= 0.3 is 0 Å². The molecule has 0 bridgehead atoms. The Hall–Kier alpha value is -4.39. The van der Waals surface area contributed by atoms with E-state index in [1.807, 2.05) is 30.3 Å². The van der Waals surface area contributed by atoms with Crippen LogP contribution in [0.3, 0.4) is 0 Å². The molecule has 0 radical (unpaired) electrons. The smallest absolute Gasteiger partial charge is 0.155 e. The Labute approximate surface area is 256 Å². The Morgan fingerprint density at radius 2 is 1.23 bits per heavy atom. The predicted molar refractivity (Wildman–Crippen MR) is 180 cm³/mol. The van der Waals surface area contributed by atoms with Gasteiger partial charge in [0, 0.05) is 36.9 Å². The molecule has 0 saturated heterocycles. The van der Waals surface area contributed by atoms with E-state index in [1.54, 1.807) is 29.6 Å². The number of pyridine rings is 1. The highest BCUT2D eigenvalue weighted by Crippen LogP contribution is 2.34. The summed E-state index contributed by atoms with van der Waals surface area (Å²) in [5, 5.41) is 4.10. The first-order valence-corrected chi connectivity index (χ1v) is 14.7. The van der Waals surface area contributed by atoms with Crippen LogP contribution in [0, 0.1) is 0 Å². The molecular weight excluding hydrogens is 530 g/mol. The van der Waals surface area contributed by atoms with Crippen molar-refractivity contribution >= 4 is 34.4 Å². The number of fused-ring (bicyclic) bond motifs is 3. The highest BCUT2D eigenvalue weighted by Gasteiger charge is 2.19. The Balaban J connectivity index is 0.000000148. The molecule has 0 saturated carbocycles. The van der Waals surface area contributed by atoms with Crippen molar-refractivity contribution in [3.63, 3.8) is 0 Å². The molecule has 0 amide bonds. The molecule has 1 aliphatic heterocycles. The maximum atomic E-state index is 4.39. The lowest BCUT2D eigenvalue weighted by atomic mass is 9.85. The van der Waals surface area contributed by atoms with Gasteiger partial charge in [0.05, 0.1) is 23.1 Å². The summed E-state index contributed by atoms with van der Waals surface area (Å²) in [7, 11) is 1.97. The molecule has 6 rings (SSSR count). The lowest BCUT2D eigenvalue weighted by Crippen LogP contribution is -2.18. The Kier molecular flexibility index (Phi) is 8.86. The van der Waals surface area contributed by atoms with Gasteiger partial charge in [0.15, 0.2) is 5.65 Å². The molecule has 0 unspecified atom stereocenters. The number of benzene rings is 2. The van der Waals surface area contributed by atoms with E-state index in [0.717, 1.165) is 33.6 Å². The SMILES string of the molecule is C=C1c2cc(C(C)(C)C)ccc2N=CN1C.CC(C)(C)c1ccc2nccnc2c1.CC(C)(C)c1ccc2ncnn2c1. The van der Waals surface area contributed by atoms with E-state index < -0.39 is 0 Å². The standard InChI is InChI=1S/C14H18N2.C12H14N2.C10H13N3/c1-10-12-8-11(14(2,3)4)6-7-13(12)15-9-16(10)5;1-12(2,3)9-4-5-10-11(8-9)14-7-6-13-10;1-10(2,3)8-4-5-9-11-7-12-13(9)6-8/h6-9H,1H2,2-5H3;4-8H,1-3H3;4-7H,1-3H3. The van der Waals surface area contributed by atoms with Crippen molar-refractivity contribution in [2.45, 2.75) is 78.6 Å². The van der Waals surface area contributed by atoms with Gasteiger partial charge in [0.25, 0.3) is 0 Å². The normalized spacial score (nSPS) is 13.3. The van der Waals surface area contributed by atoms with Gasteiger partial charge in [-0.15, -0.1) is 0 Å². The van der Waals surface area contributed by atoms with Gasteiger partial charge in [-0.05, 0) is 63.3 Å². The molecule has 0 atom stereocenters. The van der Waals surface area contributed by atoms with Crippen LogP contribution in [0.15, 0.2) is 85.0 Å². The molecule has 43 heavy (non-hydrogen) atoms.